The van der Waals surface area contributed by atoms with Gasteiger partial charge in [0, 0.05) is 12.0 Å². The van der Waals surface area contributed by atoms with Crippen molar-refractivity contribution in [1.29, 1.82) is 5.41 Å². The van der Waals surface area contributed by atoms with Gasteiger partial charge in [0.25, 0.3) is 0 Å². The minimum Gasteiger partial charge on any atom is -0.490 e. The quantitative estimate of drug-likeness (QED) is 0.292. The lowest BCUT2D eigenvalue weighted by atomic mass is 9.98. The number of aryl methyl sites for hydroxylation is 1. The molecule has 1 saturated heterocycles. The van der Waals surface area contributed by atoms with E-state index in [-0.39, 0.29) is 48.5 Å². The maximum absolute atomic E-state index is 13.4. The number of nitrogens with two attached hydrogens (primary N) is 1. The zero-order chi connectivity index (χ0) is 24.7. The van der Waals surface area contributed by atoms with Crippen LogP contribution in [0.5, 0.6) is 5.75 Å². The number of benzene rings is 3. The first-order valence-electron chi connectivity index (χ1n) is 12.2. The van der Waals surface area contributed by atoms with Crippen LogP contribution in [0.3, 0.4) is 0 Å². The zero-order valence-electron chi connectivity index (χ0n) is 21.0. The summed E-state index contributed by atoms with van der Waals surface area (Å²) in [5.41, 5.74) is 9.94. The van der Waals surface area contributed by atoms with Crippen LogP contribution in [0.4, 0.5) is 5.69 Å². The molecule has 2 heterocycles. The van der Waals surface area contributed by atoms with Crippen molar-refractivity contribution in [3.8, 4) is 5.75 Å². The average molecular weight is 566 g/mol. The van der Waals surface area contributed by atoms with Crippen LogP contribution in [0.1, 0.15) is 48.1 Å². The van der Waals surface area contributed by atoms with E-state index in [2.05, 4.69) is 5.32 Å². The number of halogens is 2. The van der Waals surface area contributed by atoms with Crippen LogP contribution in [0.15, 0.2) is 48.5 Å². The molecule has 200 valence electrons. The van der Waals surface area contributed by atoms with Crippen molar-refractivity contribution >= 4 is 57.1 Å². The first-order chi connectivity index (χ1) is 16.8. The number of rotatable bonds is 6. The van der Waals surface area contributed by atoms with Gasteiger partial charge in [-0.25, -0.2) is 8.42 Å². The van der Waals surface area contributed by atoms with Crippen molar-refractivity contribution in [1.82, 2.24) is 5.32 Å². The molecule has 0 amide bonds. The van der Waals surface area contributed by atoms with Gasteiger partial charge in [-0.1, -0.05) is 24.3 Å². The van der Waals surface area contributed by atoms with Crippen molar-refractivity contribution in [3.05, 3.63) is 70.8 Å². The highest BCUT2D eigenvalue weighted by atomic mass is 35.5. The Bertz CT molecular complexity index is 1410. The Morgan fingerprint density at radius 1 is 1.08 bits per heavy atom. The molecule has 0 aromatic heterocycles. The second-order valence-electron chi connectivity index (χ2n) is 9.47. The van der Waals surface area contributed by atoms with Gasteiger partial charge >= 0.3 is 0 Å². The maximum atomic E-state index is 13.4. The maximum Gasteiger partial charge on any atom is 0.235 e. The van der Waals surface area contributed by atoms with Gasteiger partial charge in [0.05, 0.1) is 17.5 Å². The molecule has 2 aliphatic rings. The monoisotopic (exact) mass is 564 g/mol. The van der Waals surface area contributed by atoms with E-state index in [1.54, 1.807) is 11.2 Å². The number of sulfonamides is 1. The SMILES string of the molecule is CCS(=O)(=O)N1c2c(C)cc(OC3CCNCC3)cc2CC1c1ccc2ccc(C(=N)N)cc2c1.Cl.Cl. The van der Waals surface area contributed by atoms with E-state index in [9.17, 15) is 8.42 Å². The summed E-state index contributed by atoms with van der Waals surface area (Å²) in [7, 11) is -3.52. The van der Waals surface area contributed by atoms with Gasteiger partial charge in [0.1, 0.15) is 17.7 Å². The third-order valence-electron chi connectivity index (χ3n) is 7.08. The van der Waals surface area contributed by atoms with E-state index in [4.69, 9.17) is 15.9 Å². The molecule has 0 bridgehead atoms. The Morgan fingerprint density at radius 2 is 1.78 bits per heavy atom. The summed E-state index contributed by atoms with van der Waals surface area (Å²) in [6, 6.07) is 15.4. The molecule has 0 saturated carbocycles. The lowest BCUT2D eigenvalue weighted by Crippen LogP contribution is -2.34. The molecule has 5 rings (SSSR count). The molecule has 4 N–H and O–H groups in total. The molecule has 0 radical (unpaired) electrons. The minimum absolute atomic E-state index is 0. The molecule has 3 aromatic rings. The van der Waals surface area contributed by atoms with Gasteiger partial charge < -0.3 is 15.8 Å². The zero-order valence-corrected chi connectivity index (χ0v) is 23.4. The topological polar surface area (TPSA) is 109 Å². The fourth-order valence-corrected chi connectivity index (χ4v) is 6.68. The summed E-state index contributed by atoms with van der Waals surface area (Å²) < 4.78 is 34.6. The number of fused-ring (bicyclic) bond motifs is 2. The predicted octanol–water partition coefficient (Wildman–Crippen LogP) is 4.86. The largest absolute Gasteiger partial charge is 0.490 e. The molecular formula is C27H34Cl2N4O3S. The molecule has 1 atom stereocenters. The van der Waals surface area contributed by atoms with Crippen molar-refractivity contribution in [2.75, 3.05) is 23.1 Å². The molecule has 3 aromatic carbocycles. The molecule has 1 unspecified atom stereocenters. The van der Waals surface area contributed by atoms with Gasteiger partial charge in [-0.05, 0) is 91.5 Å². The van der Waals surface area contributed by atoms with Crippen LogP contribution >= 0.6 is 24.8 Å². The Labute approximate surface area is 231 Å². The first kappa shape index (κ1) is 29.0. The number of anilines is 1. The summed E-state index contributed by atoms with van der Waals surface area (Å²) in [5.74, 6) is 0.850. The van der Waals surface area contributed by atoms with E-state index in [0.29, 0.717) is 12.0 Å². The predicted molar refractivity (Wildman–Crippen MR) is 156 cm³/mol. The molecule has 0 aliphatic carbocycles. The third kappa shape index (κ3) is 5.67. The van der Waals surface area contributed by atoms with Gasteiger partial charge in [0.15, 0.2) is 0 Å². The second-order valence-corrected chi connectivity index (χ2v) is 11.6. The number of nitrogens with zero attached hydrogens (tertiary/aromatic N) is 1. The summed E-state index contributed by atoms with van der Waals surface area (Å²) in [4.78, 5) is 0. The lowest BCUT2D eigenvalue weighted by molar-refractivity contribution is 0.162. The van der Waals surface area contributed by atoms with Crippen LogP contribution in [-0.2, 0) is 16.4 Å². The number of amidine groups is 1. The van der Waals surface area contributed by atoms with Gasteiger partial charge in [-0.15, -0.1) is 24.8 Å². The van der Waals surface area contributed by atoms with Gasteiger partial charge in [-0.2, -0.15) is 0 Å². The number of ether oxygens (including phenoxy) is 1. The fraction of sp³-hybridized carbons (Fsp3) is 0.370. The smallest absolute Gasteiger partial charge is 0.235 e. The fourth-order valence-electron chi connectivity index (χ4n) is 5.27. The number of nitrogen functional groups attached to an aromatic ring is 1. The second kappa shape index (κ2) is 11.5. The van der Waals surface area contributed by atoms with Crippen LogP contribution in [0.25, 0.3) is 10.8 Å². The van der Waals surface area contributed by atoms with E-state index in [1.165, 1.54) is 0 Å². The third-order valence-corrected chi connectivity index (χ3v) is 8.85. The molecular weight excluding hydrogens is 531 g/mol. The Hall–Kier alpha value is -2.52. The normalized spacial score (nSPS) is 17.6. The minimum atomic E-state index is -3.52. The average Bonchev–Trinajstić information content (AvgIpc) is 3.25. The van der Waals surface area contributed by atoms with Gasteiger partial charge in [-0.3, -0.25) is 9.71 Å². The number of piperidine rings is 1. The molecule has 37 heavy (non-hydrogen) atoms. The van der Waals surface area contributed by atoms with E-state index in [1.807, 2.05) is 55.5 Å². The Morgan fingerprint density at radius 3 is 2.46 bits per heavy atom. The van der Waals surface area contributed by atoms with Crippen LogP contribution in [-0.4, -0.2) is 39.2 Å². The highest BCUT2D eigenvalue weighted by Gasteiger charge is 2.39. The summed E-state index contributed by atoms with van der Waals surface area (Å²) in [5, 5.41) is 13.1. The standard InChI is InChI=1S/C27H32N4O3S.2ClH/c1-3-35(32,33)31-25(19-6-4-18-5-7-20(27(28)29)14-21(18)13-19)16-22-15-24(12-17(2)26(22)31)34-23-8-10-30-11-9-23;;/h4-7,12-15,23,25,30H,3,8-11,16H2,1-2H3,(H3,28,29);2*1H. The molecule has 7 nitrogen and oxygen atoms in total. The highest BCUT2D eigenvalue weighted by Crippen LogP contribution is 2.46. The van der Waals surface area contributed by atoms with Crippen molar-refractivity contribution in [3.63, 3.8) is 0 Å². The van der Waals surface area contributed by atoms with E-state index >= 15 is 0 Å². The van der Waals surface area contributed by atoms with Crippen molar-refractivity contribution in [2.24, 2.45) is 5.73 Å². The van der Waals surface area contributed by atoms with Crippen LogP contribution < -0.4 is 20.1 Å². The summed E-state index contributed by atoms with van der Waals surface area (Å²) in [6.45, 7) is 5.56. The van der Waals surface area contributed by atoms with E-state index in [0.717, 1.165) is 64.8 Å². The van der Waals surface area contributed by atoms with Crippen LogP contribution in [0, 0.1) is 12.3 Å². The Balaban J connectivity index is 0.00000190. The molecule has 0 spiro atoms. The summed E-state index contributed by atoms with van der Waals surface area (Å²) >= 11 is 0. The lowest BCUT2D eigenvalue weighted by Gasteiger charge is -2.28. The van der Waals surface area contributed by atoms with E-state index < -0.39 is 10.0 Å². The molecule has 10 heteroatoms. The van der Waals surface area contributed by atoms with Crippen molar-refractivity contribution in [2.45, 2.75) is 45.3 Å². The highest BCUT2D eigenvalue weighted by molar-refractivity contribution is 7.92. The number of nitrogens with one attached hydrogen (secondary N) is 2. The first-order valence-corrected chi connectivity index (χ1v) is 13.8. The number of hydrogen-bond donors (Lipinski definition) is 3. The number of hydrogen-bond acceptors (Lipinski definition) is 5. The van der Waals surface area contributed by atoms with Gasteiger partial charge in [0.2, 0.25) is 10.0 Å². The Kier molecular flexibility index (Phi) is 9.01. The molecule has 2 aliphatic heterocycles. The molecule has 1 fully saturated rings. The van der Waals surface area contributed by atoms with Crippen molar-refractivity contribution < 1.29 is 13.2 Å². The summed E-state index contributed by atoms with van der Waals surface area (Å²) in [6.07, 6.45) is 2.69. The van der Waals surface area contributed by atoms with Crippen LogP contribution in [0.2, 0.25) is 0 Å².